The normalized spacial score (nSPS) is 11.4. The Hall–Kier alpha value is -4.28. The van der Waals surface area contributed by atoms with Gasteiger partial charge in [-0.2, -0.15) is 0 Å². The Morgan fingerprint density at radius 1 is 0.870 bits per heavy atom. The fraction of sp³-hybridized carbons (Fsp3) is 0.278. The molecule has 0 saturated carbocycles. The van der Waals surface area contributed by atoms with Crippen molar-refractivity contribution in [2.45, 2.75) is 60.6 Å². The highest BCUT2D eigenvalue weighted by molar-refractivity contribution is 7.98. The monoisotopic (exact) mass is 660 g/mol. The summed E-state index contributed by atoms with van der Waals surface area (Å²) in [6, 6.07) is 27.3. The van der Waals surface area contributed by atoms with Gasteiger partial charge in [0.25, 0.3) is 10.0 Å². The summed E-state index contributed by atoms with van der Waals surface area (Å²) >= 11 is 1.46. The van der Waals surface area contributed by atoms with Crippen LogP contribution in [0, 0.1) is 0 Å². The molecule has 0 saturated heterocycles. The summed E-state index contributed by atoms with van der Waals surface area (Å²) in [4.78, 5) is 16.0. The predicted molar refractivity (Wildman–Crippen MR) is 184 cm³/mol. The SMILES string of the molecule is COc1ccc(CCCCCCCCOc2ccc(SCc3cccc(NS(=O)(=O)c4ccccc4)c3)nc2C=CC(=O)O)cc1. The number of methoxy groups -OCH3 is 1. The molecule has 0 fully saturated rings. The Bertz CT molecular complexity index is 1680. The third-order valence-electron chi connectivity index (χ3n) is 7.14. The maximum atomic E-state index is 12.7. The van der Waals surface area contributed by atoms with Gasteiger partial charge in [0.1, 0.15) is 17.2 Å². The number of rotatable bonds is 19. The first-order valence-electron chi connectivity index (χ1n) is 15.3. The molecular formula is C36H40N2O6S2. The maximum Gasteiger partial charge on any atom is 0.328 e. The molecule has 0 aliphatic rings. The van der Waals surface area contributed by atoms with Crippen molar-refractivity contribution in [3.05, 3.63) is 114 Å². The van der Waals surface area contributed by atoms with Crippen LogP contribution in [0.25, 0.3) is 6.08 Å². The number of anilines is 1. The second-order valence-electron chi connectivity index (χ2n) is 10.7. The minimum atomic E-state index is -3.69. The number of carboxylic acid groups (broad SMARTS) is 1. The van der Waals surface area contributed by atoms with Crippen molar-refractivity contribution in [2.75, 3.05) is 18.4 Å². The number of sulfonamides is 1. The van der Waals surface area contributed by atoms with Gasteiger partial charge in [-0.25, -0.2) is 18.2 Å². The lowest BCUT2D eigenvalue weighted by molar-refractivity contribution is -0.131. The van der Waals surface area contributed by atoms with E-state index in [-0.39, 0.29) is 4.90 Å². The number of hydrogen-bond acceptors (Lipinski definition) is 7. The lowest BCUT2D eigenvalue weighted by Gasteiger charge is -2.11. The molecule has 3 aromatic carbocycles. The topological polar surface area (TPSA) is 115 Å². The quantitative estimate of drug-likeness (QED) is 0.0587. The van der Waals surface area contributed by atoms with E-state index in [0.29, 0.717) is 34.5 Å². The molecule has 10 heteroatoms. The summed E-state index contributed by atoms with van der Waals surface area (Å²) in [6.07, 6.45) is 10.2. The molecule has 1 heterocycles. The fourth-order valence-electron chi connectivity index (χ4n) is 4.72. The molecule has 2 N–H and O–H groups in total. The number of carboxylic acids is 1. The van der Waals surface area contributed by atoms with E-state index in [1.807, 2.05) is 30.3 Å². The number of hydrogen-bond donors (Lipinski definition) is 2. The molecule has 242 valence electrons. The van der Waals surface area contributed by atoms with Crippen LogP contribution in [0.15, 0.2) is 107 Å². The molecule has 0 spiro atoms. The van der Waals surface area contributed by atoms with Crippen LogP contribution in [0.1, 0.15) is 55.3 Å². The average Bonchev–Trinajstić information content (AvgIpc) is 3.06. The third-order valence-corrected chi connectivity index (χ3v) is 9.54. The minimum Gasteiger partial charge on any atom is -0.497 e. The van der Waals surface area contributed by atoms with Crippen molar-refractivity contribution < 1.29 is 27.8 Å². The van der Waals surface area contributed by atoms with E-state index in [4.69, 9.17) is 9.47 Å². The van der Waals surface area contributed by atoms with Crippen LogP contribution in [0.5, 0.6) is 11.5 Å². The number of benzene rings is 3. The zero-order chi connectivity index (χ0) is 32.6. The number of nitrogens with one attached hydrogen (secondary N) is 1. The van der Waals surface area contributed by atoms with Crippen molar-refractivity contribution in [1.29, 1.82) is 0 Å². The summed E-state index contributed by atoms with van der Waals surface area (Å²) in [7, 11) is -2.01. The van der Waals surface area contributed by atoms with Crippen LogP contribution >= 0.6 is 11.8 Å². The van der Waals surface area contributed by atoms with E-state index in [2.05, 4.69) is 21.8 Å². The van der Waals surface area contributed by atoms with Crippen LogP contribution in [-0.2, 0) is 27.0 Å². The van der Waals surface area contributed by atoms with E-state index in [9.17, 15) is 18.3 Å². The number of aryl methyl sites for hydroxylation is 1. The summed E-state index contributed by atoms with van der Waals surface area (Å²) in [5.74, 6) is 0.899. The smallest absolute Gasteiger partial charge is 0.328 e. The van der Waals surface area contributed by atoms with Gasteiger partial charge in [0.15, 0.2) is 0 Å². The molecule has 0 aliphatic heterocycles. The summed E-state index contributed by atoms with van der Waals surface area (Å²) in [5.41, 5.74) is 3.16. The zero-order valence-corrected chi connectivity index (χ0v) is 27.6. The molecule has 4 rings (SSSR count). The number of thioether (sulfide) groups is 1. The summed E-state index contributed by atoms with van der Waals surface area (Å²) < 4.78 is 39.3. The Balaban J connectivity index is 1.23. The van der Waals surface area contributed by atoms with Gasteiger partial charge in [-0.05, 0) is 85.0 Å². The van der Waals surface area contributed by atoms with Gasteiger partial charge in [-0.15, -0.1) is 11.8 Å². The molecule has 0 amide bonds. The Kier molecular flexibility index (Phi) is 13.5. The van der Waals surface area contributed by atoms with Crippen LogP contribution in [0.4, 0.5) is 5.69 Å². The van der Waals surface area contributed by atoms with Crippen LogP contribution < -0.4 is 14.2 Å². The van der Waals surface area contributed by atoms with Crippen molar-refractivity contribution in [3.8, 4) is 11.5 Å². The molecule has 0 atom stereocenters. The number of carbonyl (C=O) groups is 1. The molecule has 0 bridgehead atoms. The largest absolute Gasteiger partial charge is 0.497 e. The molecule has 0 unspecified atom stereocenters. The lowest BCUT2D eigenvalue weighted by Crippen LogP contribution is -2.12. The second-order valence-corrected chi connectivity index (χ2v) is 13.4. The first kappa shape index (κ1) is 34.6. The minimum absolute atomic E-state index is 0.194. The van der Waals surface area contributed by atoms with Gasteiger partial charge >= 0.3 is 5.97 Å². The number of pyridine rings is 1. The Morgan fingerprint density at radius 3 is 2.35 bits per heavy atom. The average molecular weight is 661 g/mol. The fourth-order valence-corrected chi connectivity index (χ4v) is 6.62. The highest BCUT2D eigenvalue weighted by atomic mass is 32.2. The van der Waals surface area contributed by atoms with E-state index >= 15 is 0 Å². The second kappa shape index (κ2) is 18.0. The summed E-state index contributed by atoms with van der Waals surface area (Å²) in [6.45, 7) is 0.527. The van der Waals surface area contributed by atoms with Crippen molar-refractivity contribution in [3.63, 3.8) is 0 Å². The zero-order valence-electron chi connectivity index (χ0n) is 25.9. The first-order valence-corrected chi connectivity index (χ1v) is 17.8. The molecule has 1 aromatic heterocycles. The highest BCUT2D eigenvalue weighted by Crippen LogP contribution is 2.28. The predicted octanol–water partition coefficient (Wildman–Crippen LogP) is 8.24. The van der Waals surface area contributed by atoms with Crippen LogP contribution in [-0.4, -0.2) is 38.2 Å². The molecule has 46 heavy (non-hydrogen) atoms. The van der Waals surface area contributed by atoms with E-state index < -0.39 is 16.0 Å². The van der Waals surface area contributed by atoms with Gasteiger partial charge in [0, 0.05) is 17.5 Å². The summed E-state index contributed by atoms with van der Waals surface area (Å²) in [5, 5.41) is 9.87. The van der Waals surface area contributed by atoms with Crippen molar-refractivity contribution in [1.82, 2.24) is 4.98 Å². The standard InChI is InChI=1S/C36H40N2O6S2/c1-43-31-19-17-28(18-20-31)12-7-4-2-3-5-10-25-44-34-22-23-35(37-33(34)21-24-36(39)40)45-27-29-13-11-14-30(26-29)38-46(41,42)32-15-8-6-9-16-32/h6,8-9,11,13-24,26,38H,2-5,7,10,12,25,27H2,1H3,(H,39,40). The highest BCUT2D eigenvalue weighted by Gasteiger charge is 2.14. The van der Waals surface area contributed by atoms with Crippen molar-refractivity contribution in [2.24, 2.45) is 0 Å². The van der Waals surface area contributed by atoms with Gasteiger partial charge < -0.3 is 14.6 Å². The number of unbranched alkanes of at least 4 members (excludes halogenated alkanes) is 5. The first-order chi connectivity index (χ1) is 22.3. The van der Waals surface area contributed by atoms with E-state index in [1.165, 1.54) is 36.2 Å². The van der Waals surface area contributed by atoms with E-state index in [1.54, 1.807) is 55.6 Å². The van der Waals surface area contributed by atoms with Crippen LogP contribution in [0.2, 0.25) is 0 Å². The van der Waals surface area contributed by atoms with Gasteiger partial charge in [0.05, 0.1) is 23.6 Å². The number of nitrogens with zero attached hydrogens (tertiary/aromatic N) is 1. The maximum absolute atomic E-state index is 12.7. The third kappa shape index (κ3) is 11.6. The molecular weight excluding hydrogens is 621 g/mol. The van der Waals surface area contributed by atoms with Gasteiger partial charge in [0.2, 0.25) is 0 Å². The van der Waals surface area contributed by atoms with Crippen molar-refractivity contribution >= 4 is 39.5 Å². The Labute approximate surface area is 275 Å². The lowest BCUT2D eigenvalue weighted by atomic mass is 10.0. The molecule has 0 aliphatic carbocycles. The van der Waals surface area contributed by atoms with E-state index in [0.717, 1.165) is 49.5 Å². The number of aromatic nitrogens is 1. The molecule has 8 nitrogen and oxygen atoms in total. The van der Waals surface area contributed by atoms with Crippen LogP contribution in [0.3, 0.4) is 0 Å². The molecule has 4 aromatic rings. The van der Waals surface area contributed by atoms with Gasteiger partial charge in [-0.3, -0.25) is 4.72 Å². The molecule has 0 radical (unpaired) electrons. The van der Waals surface area contributed by atoms with Gasteiger partial charge in [-0.1, -0.05) is 68.1 Å². The Morgan fingerprint density at radius 2 is 1.61 bits per heavy atom. The number of aliphatic carboxylic acids is 1. The number of ether oxygens (including phenoxy) is 2.